The third-order valence-electron chi connectivity index (χ3n) is 2.70. The van der Waals surface area contributed by atoms with Crippen LogP contribution in [0.3, 0.4) is 0 Å². The lowest BCUT2D eigenvalue weighted by Crippen LogP contribution is -2.13. The second-order valence-corrected chi connectivity index (χ2v) is 5.16. The van der Waals surface area contributed by atoms with Crippen molar-refractivity contribution in [1.82, 2.24) is 0 Å². The Morgan fingerprint density at radius 1 is 0.905 bits per heavy atom. The summed E-state index contributed by atoms with van der Waals surface area (Å²) < 4.78 is 75.7. The number of carbonyl (C=O) groups is 1. The Balaban J connectivity index is 3.17. The summed E-state index contributed by atoms with van der Waals surface area (Å²) in [5.74, 6) is -0.729. The maximum absolute atomic E-state index is 12.6. The first kappa shape index (κ1) is 18.0. The van der Waals surface area contributed by atoms with Crippen molar-refractivity contribution in [3.8, 4) is 0 Å². The van der Waals surface area contributed by atoms with Gasteiger partial charge in [0.15, 0.2) is 5.78 Å². The number of hydrogen-bond acceptors (Lipinski definition) is 1. The number of hydrogen-bond donors (Lipinski definition) is 0. The quantitative estimate of drug-likeness (QED) is 0.288. The van der Waals surface area contributed by atoms with Crippen molar-refractivity contribution >= 4 is 21.7 Å². The highest BCUT2D eigenvalue weighted by atomic mass is 79.9. The molecule has 1 rings (SSSR count). The fraction of sp³-hybridized carbons (Fsp3) is 0.462. The van der Waals surface area contributed by atoms with Gasteiger partial charge in [-0.15, -0.1) is 0 Å². The molecular formula is C13H11BrF6O. The van der Waals surface area contributed by atoms with E-state index in [4.69, 9.17) is 0 Å². The molecule has 0 fully saturated rings. The van der Waals surface area contributed by atoms with E-state index in [-0.39, 0.29) is 12.5 Å². The summed E-state index contributed by atoms with van der Waals surface area (Å²) in [6, 6.07) is 0.937. The van der Waals surface area contributed by atoms with E-state index in [1.54, 1.807) is 0 Å². The van der Waals surface area contributed by atoms with Gasteiger partial charge in [0.25, 0.3) is 0 Å². The van der Waals surface area contributed by atoms with Crippen LogP contribution in [0.1, 0.15) is 40.7 Å². The molecule has 0 saturated carbocycles. The van der Waals surface area contributed by atoms with Crippen molar-refractivity contribution in [3.05, 3.63) is 34.9 Å². The van der Waals surface area contributed by atoms with E-state index in [1.165, 1.54) is 0 Å². The molecule has 0 aliphatic heterocycles. The van der Waals surface area contributed by atoms with Crippen LogP contribution in [0.25, 0.3) is 0 Å². The summed E-state index contributed by atoms with van der Waals surface area (Å²) in [6.45, 7) is 0. The van der Waals surface area contributed by atoms with Crippen molar-refractivity contribution in [1.29, 1.82) is 0 Å². The lowest BCUT2D eigenvalue weighted by atomic mass is 9.99. The molecule has 1 nitrogen and oxygen atoms in total. The van der Waals surface area contributed by atoms with Crippen LogP contribution in [-0.4, -0.2) is 11.1 Å². The highest BCUT2D eigenvalue weighted by Crippen LogP contribution is 2.36. The molecule has 0 aliphatic carbocycles. The predicted octanol–water partition coefficient (Wildman–Crippen LogP) is 5.47. The van der Waals surface area contributed by atoms with Crippen LogP contribution in [0.5, 0.6) is 0 Å². The number of halogens is 7. The first-order valence-electron chi connectivity index (χ1n) is 5.94. The van der Waals surface area contributed by atoms with E-state index in [0.29, 0.717) is 30.3 Å². The molecule has 0 spiro atoms. The standard InChI is InChI=1S/C13H11BrF6O/c14-4-2-1-3-11(21)8-5-9(12(15,16)17)7-10(6-8)13(18,19)20/h5-7H,1-4H2. The highest BCUT2D eigenvalue weighted by molar-refractivity contribution is 9.09. The monoisotopic (exact) mass is 376 g/mol. The Morgan fingerprint density at radius 3 is 1.76 bits per heavy atom. The Kier molecular flexibility index (Phi) is 5.83. The van der Waals surface area contributed by atoms with E-state index in [1.807, 2.05) is 0 Å². The molecular weight excluding hydrogens is 366 g/mol. The maximum Gasteiger partial charge on any atom is 0.416 e. The zero-order chi connectivity index (χ0) is 16.3. The summed E-state index contributed by atoms with van der Waals surface area (Å²) in [4.78, 5) is 11.7. The van der Waals surface area contributed by atoms with E-state index in [9.17, 15) is 31.1 Å². The first-order valence-corrected chi connectivity index (χ1v) is 7.06. The first-order chi connectivity index (χ1) is 9.55. The van der Waals surface area contributed by atoms with Crippen LogP contribution in [-0.2, 0) is 12.4 Å². The second kappa shape index (κ2) is 6.81. The number of benzene rings is 1. The Bertz CT molecular complexity index is 474. The van der Waals surface area contributed by atoms with Crippen LogP contribution in [0.4, 0.5) is 26.3 Å². The number of unbranched alkanes of at least 4 members (excludes halogenated alkanes) is 1. The zero-order valence-corrected chi connectivity index (χ0v) is 12.2. The van der Waals surface area contributed by atoms with Crippen LogP contribution in [0.15, 0.2) is 18.2 Å². The van der Waals surface area contributed by atoms with Crippen LogP contribution >= 0.6 is 15.9 Å². The minimum atomic E-state index is -4.94. The number of ketones is 1. The van der Waals surface area contributed by atoms with Gasteiger partial charge >= 0.3 is 12.4 Å². The van der Waals surface area contributed by atoms with Crippen LogP contribution in [0.2, 0.25) is 0 Å². The van der Waals surface area contributed by atoms with Gasteiger partial charge in [-0.1, -0.05) is 15.9 Å². The largest absolute Gasteiger partial charge is 0.416 e. The maximum atomic E-state index is 12.6. The Labute approximate surface area is 125 Å². The van der Waals surface area contributed by atoms with Gasteiger partial charge in [0.1, 0.15) is 0 Å². The van der Waals surface area contributed by atoms with Crippen molar-refractivity contribution in [2.24, 2.45) is 0 Å². The van der Waals surface area contributed by atoms with Crippen molar-refractivity contribution in [2.75, 3.05) is 5.33 Å². The summed E-state index contributed by atoms with van der Waals surface area (Å²) in [6.07, 6.45) is -8.97. The van der Waals surface area contributed by atoms with Crippen molar-refractivity contribution in [2.45, 2.75) is 31.6 Å². The average Bonchev–Trinajstić information content (AvgIpc) is 2.36. The molecule has 0 unspecified atom stereocenters. The molecule has 0 aliphatic rings. The lowest BCUT2D eigenvalue weighted by molar-refractivity contribution is -0.143. The molecule has 118 valence electrons. The van der Waals surface area contributed by atoms with Gasteiger partial charge in [0.2, 0.25) is 0 Å². The van der Waals surface area contributed by atoms with Crippen LogP contribution in [0, 0.1) is 0 Å². The van der Waals surface area contributed by atoms with Crippen molar-refractivity contribution in [3.63, 3.8) is 0 Å². The fourth-order valence-electron chi connectivity index (χ4n) is 1.64. The highest BCUT2D eigenvalue weighted by Gasteiger charge is 2.37. The normalized spacial score (nSPS) is 12.5. The van der Waals surface area contributed by atoms with Crippen molar-refractivity contribution < 1.29 is 31.1 Å². The Hall–Kier alpha value is -1.05. The van der Waals surface area contributed by atoms with Crippen LogP contribution < -0.4 is 0 Å². The lowest BCUT2D eigenvalue weighted by Gasteiger charge is -2.13. The van der Waals surface area contributed by atoms with E-state index >= 15 is 0 Å². The topological polar surface area (TPSA) is 17.1 Å². The zero-order valence-electron chi connectivity index (χ0n) is 10.6. The summed E-state index contributed by atoms with van der Waals surface area (Å²) in [5.41, 5.74) is -3.51. The summed E-state index contributed by atoms with van der Waals surface area (Å²) in [5, 5.41) is 0.608. The van der Waals surface area contributed by atoms with E-state index in [0.717, 1.165) is 0 Å². The van der Waals surface area contributed by atoms with Gasteiger partial charge in [-0.2, -0.15) is 26.3 Å². The summed E-state index contributed by atoms with van der Waals surface area (Å²) >= 11 is 3.12. The molecule has 0 N–H and O–H groups in total. The predicted molar refractivity (Wildman–Crippen MR) is 68.4 cm³/mol. The van der Waals surface area contributed by atoms with Gasteiger partial charge in [0, 0.05) is 17.3 Å². The third kappa shape index (κ3) is 5.33. The van der Waals surface area contributed by atoms with Gasteiger partial charge in [0.05, 0.1) is 11.1 Å². The van der Waals surface area contributed by atoms with Gasteiger partial charge in [-0.05, 0) is 31.0 Å². The van der Waals surface area contributed by atoms with Gasteiger partial charge in [-0.25, -0.2) is 0 Å². The minimum absolute atomic E-state index is 0.00919. The molecule has 0 radical (unpaired) electrons. The molecule has 1 aromatic rings. The average molecular weight is 377 g/mol. The van der Waals surface area contributed by atoms with E-state index < -0.39 is 34.8 Å². The molecule has 1 aromatic carbocycles. The molecule has 0 heterocycles. The number of alkyl halides is 7. The Morgan fingerprint density at radius 2 is 1.38 bits per heavy atom. The third-order valence-corrected chi connectivity index (χ3v) is 3.26. The number of carbonyl (C=O) groups excluding carboxylic acids is 1. The van der Waals surface area contributed by atoms with E-state index in [2.05, 4.69) is 15.9 Å². The van der Waals surface area contributed by atoms with Gasteiger partial charge < -0.3 is 0 Å². The molecule has 8 heteroatoms. The number of Topliss-reactive ketones (excluding diaryl/α,β-unsaturated/α-hetero) is 1. The second-order valence-electron chi connectivity index (χ2n) is 4.36. The minimum Gasteiger partial charge on any atom is -0.294 e. The molecule has 0 saturated heterocycles. The molecule has 21 heavy (non-hydrogen) atoms. The molecule has 0 atom stereocenters. The number of rotatable bonds is 5. The summed E-state index contributed by atoms with van der Waals surface area (Å²) in [7, 11) is 0. The smallest absolute Gasteiger partial charge is 0.294 e. The molecule has 0 amide bonds. The van der Waals surface area contributed by atoms with Gasteiger partial charge in [-0.3, -0.25) is 4.79 Å². The molecule has 0 aromatic heterocycles. The molecule has 0 bridgehead atoms. The fourth-order valence-corrected chi connectivity index (χ4v) is 2.04. The SMILES string of the molecule is O=C(CCCCBr)c1cc(C(F)(F)F)cc(C(F)(F)F)c1.